The van der Waals surface area contributed by atoms with Crippen LogP contribution in [0.15, 0.2) is 53.4 Å². The van der Waals surface area contributed by atoms with E-state index in [1.807, 2.05) is 31.2 Å². The van der Waals surface area contributed by atoms with Gasteiger partial charge >= 0.3 is 0 Å². The Labute approximate surface area is 112 Å². The fourth-order valence-electron chi connectivity index (χ4n) is 1.63. The number of nitrogen functional groups attached to an aromatic ring is 1. The van der Waals surface area contributed by atoms with Gasteiger partial charge in [-0.15, -0.1) is 11.8 Å². The van der Waals surface area contributed by atoms with Crippen LogP contribution in [0.25, 0.3) is 0 Å². The van der Waals surface area contributed by atoms with Crippen LogP contribution < -0.4 is 10.5 Å². The van der Waals surface area contributed by atoms with E-state index in [-0.39, 0.29) is 0 Å². The summed E-state index contributed by atoms with van der Waals surface area (Å²) in [4.78, 5) is 1.07. The Hall–Kier alpha value is -1.61. The van der Waals surface area contributed by atoms with E-state index in [9.17, 15) is 0 Å². The minimum absolute atomic E-state index is 0.673. The topological polar surface area (TPSA) is 35.2 Å². The number of hydrogen-bond acceptors (Lipinski definition) is 3. The van der Waals surface area contributed by atoms with E-state index in [0.717, 1.165) is 22.1 Å². The SMILES string of the molecule is CCOc1ccc(N)c(SCc2ccccc2)c1. The van der Waals surface area contributed by atoms with Crippen LogP contribution in [0, 0.1) is 0 Å². The van der Waals surface area contributed by atoms with E-state index in [1.165, 1.54) is 5.56 Å². The van der Waals surface area contributed by atoms with E-state index in [4.69, 9.17) is 10.5 Å². The Morgan fingerprint density at radius 3 is 2.61 bits per heavy atom. The second kappa shape index (κ2) is 6.36. The summed E-state index contributed by atoms with van der Waals surface area (Å²) in [7, 11) is 0. The van der Waals surface area contributed by atoms with E-state index in [0.29, 0.717) is 6.61 Å². The van der Waals surface area contributed by atoms with E-state index in [2.05, 4.69) is 24.3 Å². The van der Waals surface area contributed by atoms with Crippen LogP contribution in [0.3, 0.4) is 0 Å². The van der Waals surface area contributed by atoms with Crippen LogP contribution in [0.5, 0.6) is 5.75 Å². The molecule has 0 saturated carbocycles. The highest BCUT2D eigenvalue weighted by molar-refractivity contribution is 7.98. The molecular formula is C15H17NOS. The number of benzene rings is 2. The number of nitrogens with two attached hydrogens (primary N) is 1. The second-order valence-corrected chi connectivity index (χ2v) is 4.92. The Morgan fingerprint density at radius 1 is 1.11 bits per heavy atom. The molecule has 0 aliphatic carbocycles. The fraction of sp³-hybridized carbons (Fsp3) is 0.200. The Bertz CT molecular complexity index is 499. The highest BCUT2D eigenvalue weighted by Gasteiger charge is 2.03. The van der Waals surface area contributed by atoms with Gasteiger partial charge in [0.25, 0.3) is 0 Å². The van der Waals surface area contributed by atoms with Crippen molar-refractivity contribution in [3.05, 3.63) is 54.1 Å². The maximum absolute atomic E-state index is 5.97. The summed E-state index contributed by atoms with van der Waals surface area (Å²) in [6.45, 7) is 2.65. The molecule has 2 nitrogen and oxygen atoms in total. The molecule has 0 saturated heterocycles. The molecule has 0 aliphatic rings. The lowest BCUT2D eigenvalue weighted by molar-refractivity contribution is 0.339. The van der Waals surface area contributed by atoms with Gasteiger partial charge in [0.1, 0.15) is 5.75 Å². The molecule has 3 heteroatoms. The molecule has 0 aliphatic heterocycles. The second-order valence-electron chi connectivity index (χ2n) is 3.91. The van der Waals surface area contributed by atoms with Gasteiger partial charge in [-0.25, -0.2) is 0 Å². The largest absolute Gasteiger partial charge is 0.494 e. The van der Waals surface area contributed by atoms with Crippen LogP contribution in [0.2, 0.25) is 0 Å². The van der Waals surface area contributed by atoms with E-state index < -0.39 is 0 Å². The van der Waals surface area contributed by atoms with Gasteiger partial charge in [0, 0.05) is 16.3 Å². The molecule has 94 valence electrons. The molecule has 0 radical (unpaired) electrons. The molecule has 0 amide bonds. The molecule has 0 heterocycles. The van der Waals surface area contributed by atoms with Crippen molar-refractivity contribution in [2.45, 2.75) is 17.6 Å². The first-order chi connectivity index (χ1) is 8.79. The van der Waals surface area contributed by atoms with Gasteiger partial charge in [-0.2, -0.15) is 0 Å². The van der Waals surface area contributed by atoms with Crippen LogP contribution in [0.4, 0.5) is 5.69 Å². The zero-order chi connectivity index (χ0) is 12.8. The van der Waals surface area contributed by atoms with Crippen LogP contribution in [-0.4, -0.2) is 6.61 Å². The van der Waals surface area contributed by atoms with Gasteiger partial charge in [-0.05, 0) is 30.7 Å². The van der Waals surface area contributed by atoms with Crippen molar-refractivity contribution < 1.29 is 4.74 Å². The Balaban J connectivity index is 2.06. The van der Waals surface area contributed by atoms with Gasteiger partial charge in [0.2, 0.25) is 0 Å². The smallest absolute Gasteiger partial charge is 0.120 e. The molecule has 0 spiro atoms. The van der Waals surface area contributed by atoms with Crippen molar-refractivity contribution in [1.29, 1.82) is 0 Å². The summed E-state index contributed by atoms with van der Waals surface area (Å²) < 4.78 is 5.48. The highest BCUT2D eigenvalue weighted by atomic mass is 32.2. The number of ether oxygens (including phenoxy) is 1. The van der Waals surface area contributed by atoms with Gasteiger partial charge in [0.05, 0.1) is 6.61 Å². The quantitative estimate of drug-likeness (QED) is 0.652. The molecule has 18 heavy (non-hydrogen) atoms. The standard InChI is InChI=1S/C15H17NOS/c1-2-17-13-8-9-14(16)15(10-13)18-11-12-6-4-3-5-7-12/h3-10H,2,11,16H2,1H3. The zero-order valence-electron chi connectivity index (χ0n) is 10.4. The summed E-state index contributed by atoms with van der Waals surface area (Å²) in [5.74, 6) is 1.79. The third-order valence-corrected chi connectivity index (χ3v) is 3.68. The molecule has 0 unspecified atom stereocenters. The first-order valence-electron chi connectivity index (χ1n) is 5.98. The molecule has 2 aromatic rings. The lowest BCUT2D eigenvalue weighted by Gasteiger charge is -2.09. The van der Waals surface area contributed by atoms with Crippen molar-refractivity contribution in [2.24, 2.45) is 0 Å². The maximum atomic E-state index is 5.97. The fourth-order valence-corrected chi connectivity index (χ4v) is 2.58. The van der Waals surface area contributed by atoms with Gasteiger partial charge in [-0.1, -0.05) is 30.3 Å². The minimum Gasteiger partial charge on any atom is -0.494 e. The molecule has 2 rings (SSSR count). The number of rotatable bonds is 5. The number of anilines is 1. The zero-order valence-corrected chi connectivity index (χ0v) is 11.2. The Morgan fingerprint density at radius 2 is 1.89 bits per heavy atom. The van der Waals surface area contributed by atoms with Gasteiger partial charge in [0.15, 0.2) is 0 Å². The summed E-state index contributed by atoms with van der Waals surface area (Å²) >= 11 is 1.74. The van der Waals surface area contributed by atoms with Crippen molar-refractivity contribution in [1.82, 2.24) is 0 Å². The minimum atomic E-state index is 0.673. The van der Waals surface area contributed by atoms with E-state index >= 15 is 0 Å². The molecule has 0 atom stereocenters. The molecule has 0 fully saturated rings. The molecule has 2 N–H and O–H groups in total. The van der Waals surface area contributed by atoms with Crippen molar-refractivity contribution in [3.8, 4) is 5.75 Å². The van der Waals surface area contributed by atoms with E-state index in [1.54, 1.807) is 11.8 Å². The first kappa shape index (κ1) is 12.8. The number of thioether (sulfide) groups is 1. The lowest BCUT2D eigenvalue weighted by Crippen LogP contribution is -1.94. The predicted octanol–water partition coefficient (Wildman–Crippen LogP) is 3.96. The summed E-state index contributed by atoms with van der Waals surface area (Å²) in [5, 5.41) is 0. The van der Waals surface area contributed by atoms with Crippen molar-refractivity contribution >= 4 is 17.4 Å². The monoisotopic (exact) mass is 259 g/mol. The summed E-state index contributed by atoms with van der Waals surface area (Å²) in [6, 6.07) is 16.2. The molecular weight excluding hydrogens is 242 g/mol. The van der Waals surface area contributed by atoms with Gasteiger partial charge < -0.3 is 10.5 Å². The lowest BCUT2D eigenvalue weighted by atomic mass is 10.2. The molecule has 2 aromatic carbocycles. The highest BCUT2D eigenvalue weighted by Crippen LogP contribution is 2.31. The predicted molar refractivity (Wildman–Crippen MR) is 78.0 cm³/mol. The van der Waals surface area contributed by atoms with Crippen LogP contribution in [-0.2, 0) is 5.75 Å². The third kappa shape index (κ3) is 3.44. The van der Waals surface area contributed by atoms with Crippen LogP contribution in [0.1, 0.15) is 12.5 Å². The average molecular weight is 259 g/mol. The first-order valence-corrected chi connectivity index (χ1v) is 6.97. The normalized spacial score (nSPS) is 10.3. The summed E-state index contributed by atoms with van der Waals surface area (Å²) in [6.07, 6.45) is 0. The van der Waals surface area contributed by atoms with Crippen LogP contribution >= 0.6 is 11.8 Å². The van der Waals surface area contributed by atoms with Gasteiger partial charge in [-0.3, -0.25) is 0 Å². The maximum Gasteiger partial charge on any atom is 0.120 e. The Kier molecular flexibility index (Phi) is 4.53. The number of hydrogen-bond donors (Lipinski definition) is 1. The average Bonchev–Trinajstić information content (AvgIpc) is 2.41. The third-order valence-electron chi connectivity index (χ3n) is 2.53. The molecule has 0 bridgehead atoms. The molecule has 0 aromatic heterocycles. The summed E-state index contributed by atoms with van der Waals surface area (Å²) in [5.41, 5.74) is 8.07. The van der Waals surface area contributed by atoms with Crippen molar-refractivity contribution in [3.63, 3.8) is 0 Å². The van der Waals surface area contributed by atoms with Crippen molar-refractivity contribution in [2.75, 3.05) is 12.3 Å².